The summed E-state index contributed by atoms with van der Waals surface area (Å²) < 4.78 is 16.8. The van der Waals surface area contributed by atoms with Crippen molar-refractivity contribution in [3.8, 4) is 0 Å². The van der Waals surface area contributed by atoms with Crippen LogP contribution in [0, 0.1) is 0 Å². The summed E-state index contributed by atoms with van der Waals surface area (Å²) in [6.07, 6.45) is 0. The average molecular weight is 80.0 g/mol. The van der Waals surface area contributed by atoms with Crippen LogP contribution in [-0.2, 0) is 13.9 Å². The molecule has 0 amide bonds. The molecule has 3 nitrogen and oxygen atoms in total. The van der Waals surface area contributed by atoms with Gasteiger partial charge in [-0.25, -0.2) is 0 Å². The zero-order valence-electron chi connectivity index (χ0n) is 1.72. The van der Waals surface area contributed by atoms with Crippen molar-refractivity contribution in [2.45, 2.75) is 0 Å². The molecule has 1 aliphatic heterocycles. The molecule has 0 N–H and O–H groups in total. The number of hydrogen-bond donors (Lipinski definition) is 0. The van der Waals surface area contributed by atoms with Crippen LogP contribution >= 0.6 is 8.25 Å². The van der Waals surface area contributed by atoms with Crippen molar-refractivity contribution in [3.05, 3.63) is 0 Å². The third-order valence-electron chi connectivity index (χ3n) is 0.151. The summed E-state index contributed by atoms with van der Waals surface area (Å²) in [5, 5.41) is 0. The first-order valence-electron chi connectivity index (χ1n) is 0.779. The van der Waals surface area contributed by atoms with E-state index in [-0.39, 0.29) is 0 Å². The van der Waals surface area contributed by atoms with E-state index in [0.717, 1.165) is 0 Å². The second-order valence-corrected chi connectivity index (χ2v) is 1.25. The Labute approximate surface area is 23.4 Å². The molecule has 24 valence electrons. The molecule has 0 aromatic heterocycles. The van der Waals surface area contributed by atoms with Crippen LogP contribution in [0.25, 0.3) is 0 Å². The number of rotatable bonds is 0. The molecule has 1 fully saturated rings. The van der Waals surface area contributed by atoms with Crippen molar-refractivity contribution < 1.29 is 13.9 Å². The lowest BCUT2D eigenvalue weighted by atomic mass is 15.0. The normalized spacial score (nSPS) is 26.0. The summed E-state index contributed by atoms with van der Waals surface area (Å²) in [5.74, 6) is 0. The fourth-order valence-corrected chi connectivity index (χ4v) is 0.153. The van der Waals surface area contributed by atoms with Crippen LogP contribution in [0.2, 0.25) is 0 Å². The van der Waals surface area contributed by atoms with Crippen molar-refractivity contribution in [2.75, 3.05) is 0 Å². The molecule has 0 aromatic carbocycles. The Hall–Kier alpha value is 0.150. The van der Waals surface area contributed by atoms with Crippen molar-refractivity contribution in [1.29, 1.82) is 0 Å². The van der Waals surface area contributed by atoms with Crippen molar-refractivity contribution in [1.82, 2.24) is 0 Å². The molecule has 1 saturated heterocycles. The van der Waals surface area contributed by atoms with Gasteiger partial charge in [0.05, 0.1) is 0 Å². The predicted octanol–water partition coefficient (Wildman–Crippen LogP) is 0.338. The SMILES string of the molecule is O=[PH]1OO1. The summed E-state index contributed by atoms with van der Waals surface area (Å²) in [6.45, 7) is 0. The van der Waals surface area contributed by atoms with Gasteiger partial charge in [-0.05, 0) is 0 Å². The molecule has 0 spiro atoms. The van der Waals surface area contributed by atoms with E-state index in [1.54, 1.807) is 0 Å². The quantitative estimate of drug-likeness (QED) is 0.239. The van der Waals surface area contributed by atoms with Crippen LogP contribution in [0.1, 0.15) is 0 Å². The lowest BCUT2D eigenvalue weighted by Crippen LogP contribution is -1.07. The first-order chi connectivity index (χ1) is 1.89. The van der Waals surface area contributed by atoms with Gasteiger partial charge >= 0.3 is 8.25 Å². The van der Waals surface area contributed by atoms with E-state index in [9.17, 15) is 4.57 Å². The van der Waals surface area contributed by atoms with Crippen LogP contribution in [0.15, 0.2) is 0 Å². The minimum Gasteiger partial charge on any atom is -0.259 e. The summed E-state index contributed by atoms with van der Waals surface area (Å²) in [4.78, 5) is 0. The standard InChI is InChI=1S/HO3P/c1-4-2-3-4/h4H. The smallest absolute Gasteiger partial charge is 0.259 e. The Morgan fingerprint density at radius 3 is 1.75 bits per heavy atom. The van der Waals surface area contributed by atoms with Crippen LogP contribution in [0.3, 0.4) is 0 Å². The van der Waals surface area contributed by atoms with Gasteiger partial charge in [0.1, 0.15) is 0 Å². The van der Waals surface area contributed by atoms with Crippen LogP contribution in [0.5, 0.6) is 0 Å². The van der Waals surface area contributed by atoms with Gasteiger partial charge in [0, 0.05) is 0 Å². The fourth-order valence-electron chi connectivity index (χ4n) is 0.0170. The Balaban J connectivity index is 2.60. The molecular formula is HO3P. The van der Waals surface area contributed by atoms with E-state index >= 15 is 0 Å². The first-order valence-corrected chi connectivity index (χ1v) is 2.00. The second-order valence-electron chi connectivity index (χ2n) is 0.417. The molecule has 4 heavy (non-hydrogen) atoms. The van der Waals surface area contributed by atoms with Gasteiger partial charge in [0.15, 0.2) is 0 Å². The van der Waals surface area contributed by atoms with E-state index in [0.29, 0.717) is 0 Å². The molecule has 1 heterocycles. The Morgan fingerprint density at radius 1 is 1.50 bits per heavy atom. The maximum absolute atomic E-state index is 9.30. The summed E-state index contributed by atoms with van der Waals surface area (Å²) in [6, 6.07) is 0. The largest absolute Gasteiger partial charge is 0.374 e. The van der Waals surface area contributed by atoms with E-state index in [2.05, 4.69) is 9.35 Å². The molecule has 0 aliphatic carbocycles. The van der Waals surface area contributed by atoms with Gasteiger partial charge in [0.2, 0.25) is 0 Å². The van der Waals surface area contributed by atoms with Gasteiger partial charge in [0.25, 0.3) is 0 Å². The molecule has 0 unspecified atom stereocenters. The van der Waals surface area contributed by atoms with E-state index in [4.69, 9.17) is 0 Å². The fraction of sp³-hybridized carbons (Fsp3) is 0. The minimum absolute atomic E-state index is 1.88. The highest BCUT2D eigenvalue weighted by atomic mass is 31.1. The van der Waals surface area contributed by atoms with Crippen LogP contribution in [-0.4, -0.2) is 0 Å². The summed E-state index contributed by atoms with van der Waals surface area (Å²) in [5.41, 5.74) is 0. The minimum atomic E-state index is -1.88. The molecule has 4 heteroatoms. The van der Waals surface area contributed by atoms with E-state index in [1.165, 1.54) is 0 Å². The molecule has 0 saturated carbocycles. The third kappa shape index (κ3) is 0.287. The van der Waals surface area contributed by atoms with Gasteiger partial charge in [-0.15, -0.1) is 9.35 Å². The van der Waals surface area contributed by atoms with Gasteiger partial charge in [-0.1, -0.05) is 0 Å². The topological polar surface area (TPSA) is 42.1 Å². The lowest BCUT2D eigenvalue weighted by Gasteiger charge is -1.16. The molecular weight excluding hydrogens is 79.0 g/mol. The molecule has 0 bridgehead atoms. The van der Waals surface area contributed by atoms with Crippen molar-refractivity contribution in [2.24, 2.45) is 0 Å². The number of hydrogen-bond acceptors (Lipinski definition) is 3. The van der Waals surface area contributed by atoms with Crippen molar-refractivity contribution in [3.63, 3.8) is 0 Å². The predicted molar refractivity (Wildman–Crippen MR) is 11.2 cm³/mol. The Kier molecular flexibility index (Phi) is 0.328. The molecule has 0 radical (unpaired) electrons. The molecule has 0 atom stereocenters. The molecule has 0 aromatic rings. The molecule has 1 rings (SSSR count). The lowest BCUT2D eigenvalue weighted by molar-refractivity contribution is 0.0850. The maximum Gasteiger partial charge on any atom is 0.374 e. The Morgan fingerprint density at radius 2 is 1.75 bits per heavy atom. The third-order valence-corrected chi connectivity index (χ3v) is 0.454. The summed E-state index contributed by atoms with van der Waals surface area (Å²) in [7, 11) is -1.88. The maximum atomic E-state index is 9.30. The van der Waals surface area contributed by atoms with E-state index in [1.807, 2.05) is 0 Å². The average Bonchev–Trinajstić information content (AvgIpc) is 1.75. The highest BCUT2D eigenvalue weighted by Crippen LogP contribution is 2.41. The molecule has 1 aliphatic rings. The monoisotopic (exact) mass is 80.0 g/mol. The highest BCUT2D eigenvalue weighted by Gasteiger charge is 2.14. The van der Waals surface area contributed by atoms with Gasteiger partial charge in [-0.3, -0.25) is 4.57 Å². The van der Waals surface area contributed by atoms with Gasteiger partial charge < -0.3 is 0 Å². The zero-order valence-corrected chi connectivity index (χ0v) is 2.72. The van der Waals surface area contributed by atoms with E-state index < -0.39 is 8.25 Å². The first kappa shape index (κ1) is 2.39. The highest BCUT2D eigenvalue weighted by molar-refractivity contribution is 7.37. The zero-order chi connectivity index (χ0) is 2.99. The van der Waals surface area contributed by atoms with Crippen molar-refractivity contribution >= 4 is 8.25 Å². The van der Waals surface area contributed by atoms with Crippen LogP contribution in [0.4, 0.5) is 0 Å². The Bertz CT molecular complexity index is 41.2. The second kappa shape index (κ2) is 0.549. The summed E-state index contributed by atoms with van der Waals surface area (Å²) >= 11 is 0. The van der Waals surface area contributed by atoms with Gasteiger partial charge in [-0.2, -0.15) is 0 Å². The van der Waals surface area contributed by atoms with Crippen LogP contribution < -0.4 is 0 Å².